The van der Waals surface area contributed by atoms with Crippen LogP contribution in [0.15, 0.2) is 83.5 Å². The Labute approximate surface area is 207 Å². The van der Waals surface area contributed by atoms with Crippen molar-refractivity contribution in [2.75, 3.05) is 25.8 Å². The molecular weight excluding hydrogens is 460 g/mol. The summed E-state index contributed by atoms with van der Waals surface area (Å²) in [5.74, 6) is 3.10. The van der Waals surface area contributed by atoms with Crippen molar-refractivity contribution >= 4 is 23.4 Å². The van der Waals surface area contributed by atoms with E-state index in [1.54, 1.807) is 14.2 Å². The topological polar surface area (TPSA) is 70.4 Å². The Kier molecular flexibility index (Phi) is 5.37. The maximum Gasteiger partial charge on any atom is 0.227 e. The van der Waals surface area contributed by atoms with E-state index < -0.39 is 0 Å². The first-order valence-corrected chi connectivity index (χ1v) is 12.5. The molecule has 1 aromatic heterocycles. The van der Waals surface area contributed by atoms with Gasteiger partial charge in [0.05, 0.1) is 19.9 Å². The molecule has 8 heteroatoms. The third kappa shape index (κ3) is 3.61. The van der Waals surface area contributed by atoms with E-state index in [1.807, 2.05) is 59.5 Å². The number of nitrogens with zero attached hydrogens (tertiary/aromatic N) is 3. The van der Waals surface area contributed by atoms with E-state index in [1.165, 1.54) is 11.8 Å². The zero-order valence-corrected chi connectivity index (χ0v) is 20.4. The Morgan fingerprint density at radius 1 is 0.914 bits per heavy atom. The number of para-hydroxylation sites is 1. The Hall–Kier alpha value is -3.91. The van der Waals surface area contributed by atoms with Crippen molar-refractivity contribution < 1.29 is 14.2 Å². The van der Waals surface area contributed by atoms with Gasteiger partial charge in [-0.25, -0.2) is 4.68 Å². The molecule has 0 saturated heterocycles. The van der Waals surface area contributed by atoms with Crippen LogP contribution in [0.2, 0.25) is 0 Å². The van der Waals surface area contributed by atoms with Crippen molar-refractivity contribution in [3.8, 4) is 17.2 Å². The molecule has 3 aromatic carbocycles. The lowest BCUT2D eigenvalue weighted by Crippen LogP contribution is -2.32. The Bertz CT molecular complexity index is 1430. The van der Waals surface area contributed by atoms with E-state index in [0.29, 0.717) is 11.1 Å². The summed E-state index contributed by atoms with van der Waals surface area (Å²) in [4.78, 5) is 4.75. The third-order valence-corrected chi connectivity index (χ3v) is 6.91. The number of rotatable bonds is 5. The van der Waals surface area contributed by atoms with Crippen LogP contribution in [0.4, 0.5) is 5.95 Å². The third-order valence-electron chi connectivity index (χ3n) is 6.37. The lowest BCUT2D eigenvalue weighted by Gasteiger charge is -2.39. The molecule has 35 heavy (non-hydrogen) atoms. The summed E-state index contributed by atoms with van der Waals surface area (Å²) in [7, 11) is 3.35. The Balaban J connectivity index is 1.61. The Morgan fingerprint density at radius 3 is 2.49 bits per heavy atom. The summed E-state index contributed by atoms with van der Waals surface area (Å²) in [6.07, 6.45) is 1.62. The van der Waals surface area contributed by atoms with Crippen LogP contribution in [-0.4, -0.2) is 35.2 Å². The quantitative estimate of drug-likeness (QED) is 0.371. The highest BCUT2D eigenvalue weighted by Gasteiger charge is 2.41. The van der Waals surface area contributed by atoms with Gasteiger partial charge in [0, 0.05) is 16.7 Å². The van der Waals surface area contributed by atoms with Crippen LogP contribution < -0.4 is 19.5 Å². The van der Waals surface area contributed by atoms with Gasteiger partial charge in [-0.1, -0.05) is 48.2 Å². The number of fused-ring (bicyclic) bond motifs is 3. The first-order valence-electron chi connectivity index (χ1n) is 11.3. The van der Waals surface area contributed by atoms with Crippen molar-refractivity contribution in [3.05, 3.63) is 95.1 Å². The number of anilines is 1. The SMILES string of the molecule is COc1ccc(C2C3=C(Nc4nc(SC)nn42)c2ccccc2OC3c2cccc(OC)c2)cc1. The number of hydrogen-bond donors (Lipinski definition) is 1. The number of aromatic nitrogens is 3. The van der Waals surface area contributed by atoms with E-state index in [4.69, 9.17) is 24.3 Å². The van der Waals surface area contributed by atoms with Crippen molar-refractivity contribution in [2.45, 2.75) is 17.3 Å². The fourth-order valence-electron chi connectivity index (χ4n) is 4.73. The molecule has 3 heterocycles. The molecule has 2 unspecified atom stereocenters. The number of methoxy groups -OCH3 is 2. The van der Waals surface area contributed by atoms with Gasteiger partial charge in [0.2, 0.25) is 11.1 Å². The van der Waals surface area contributed by atoms with E-state index in [-0.39, 0.29) is 12.1 Å². The van der Waals surface area contributed by atoms with Crippen LogP contribution in [-0.2, 0) is 0 Å². The van der Waals surface area contributed by atoms with Crippen LogP contribution in [0.1, 0.15) is 28.8 Å². The molecule has 176 valence electrons. The molecular formula is C27H24N4O3S. The number of benzene rings is 3. The van der Waals surface area contributed by atoms with Crippen molar-refractivity contribution in [1.29, 1.82) is 0 Å². The molecule has 0 fully saturated rings. The number of ether oxygens (including phenoxy) is 3. The number of thioether (sulfide) groups is 1. The minimum atomic E-state index is -0.357. The first-order chi connectivity index (χ1) is 17.2. The molecule has 6 rings (SSSR count). The zero-order chi connectivity index (χ0) is 23.9. The van der Waals surface area contributed by atoms with Gasteiger partial charge in [0.1, 0.15) is 29.4 Å². The summed E-state index contributed by atoms with van der Waals surface area (Å²) in [6.45, 7) is 0. The van der Waals surface area contributed by atoms with Crippen LogP contribution in [0, 0.1) is 0 Å². The molecule has 0 radical (unpaired) electrons. The summed E-state index contributed by atoms with van der Waals surface area (Å²) < 4.78 is 19.6. The van der Waals surface area contributed by atoms with Crippen molar-refractivity contribution in [1.82, 2.24) is 14.8 Å². The highest BCUT2D eigenvalue weighted by Crippen LogP contribution is 2.51. The summed E-state index contributed by atoms with van der Waals surface area (Å²) >= 11 is 1.52. The van der Waals surface area contributed by atoms with Crippen molar-refractivity contribution in [2.24, 2.45) is 0 Å². The number of nitrogens with one attached hydrogen (secondary N) is 1. The van der Waals surface area contributed by atoms with Gasteiger partial charge in [-0.2, -0.15) is 4.98 Å². The maximum atomic E-state index is 6.69. The number of hydrogen-bond acceptors (Lipinski definition) is 7. The minimum absolute atomic E-state index is 0.231. The smallest absolute Gasteiger partial charge is 0.227 e. The minimum Gasteiger partial charge on any atom is -0.497 e. The molecule has 0 saturated carbocycles. The standard InChI is InChI=1S/C27H24N4O3S/c1-32-18-13-11-16(12-14-18)24-22-23(28-26-29-27(35-3)30-31(24)26)20-9-4-5-10-21(20)34-25(22)17-7-6-8-19(15-17)33-2/h4-15,24-25H,1-3H3,(H,28,29,30). The van der Waals surface area contributed by atoms with Crippen LogP contribution >= 0.6 is 11.8 Å². The van der Waals surface area contributed by atoms with Gasteiger partial charge < -0.3 is 19.5 Å². The summed E-state index contributed by atoms with van der Waals surface area (Å²) in [6, 6.07) is 24.0. The van der Waals surface area contributed by atoms with Crippen molar-refractivity contribution in [3.63, 3.8) is 0 Å². The second kappa shape index (κ2) is 8.70. The molecule has 0 bridgehead atoms. The van der Waals surface area contributed by atoms with Gasteiger partial charge in [-0.05, 0) is 48.2 Å². The molecule has 0 spiro atoms. The van der Waals surface area contributed by atoms with Gasteiger partial charge in [0.15, 0.2) is 0 Å². The summed E-state index contributed by atoms with van der Waals surface area (Å²) in [5, 5.41) is 9.13. The molecule has 1 N–H and O–H groups in total. The molecule has 7 nitrogen and oxygen atoms in total. The van der Waals surface area contributed by atoms with E-state index in [0.717, 1.165) is 45.2 Å². The monoisotopic (exact) mass is 484 g/mol. The van der Waals surface area contributed by atoms with Gasteiger partial charge in [-0.15, -0.1) is 5.10 Å². The fraction of sp³-hybridized carbons (Fsp3) is 0.185. The predicted molar refractivity (Wildman–Crippen MR) is 136 cm³/mol. The molecule has 2 aliphatic heterocycles. The second-order valence-corrected chi connectivity index (χ2v) is 9.04. The zero-order valence-electron chi connectivity index (χ0n) is 19.6. The molecule has 0 aliphatic carbocycles. The fourth-order valence-corrected chi connectivity index (χ4v) is 5.08. The predicted octanol–water partition coefficient (Wildman–Crippen LogP) is 5.58. The first kappa shape index (κ1) is 21.6. The molecule has 2 aliphatic rings. The molecule has 0 amide bonds. The largest absolute Gasteiger partial charge is 0.497 e. The second-order valence-electron chi connectivity index (χ2n) is 8.27. The Morgan fingerprint density at radius 2 is 1.71 bits per heavy atom. The van der Waals surface area contributed by atoms with Gasteiger partial charge >= 0.3 is 0 Å². The average molecular weight is 485 g/mol. The molecule has 4 aromatic rings. The highest BCUT2D eigenvalue weighted by atomic mass is 32.2. The normalized spacial score (nSPS) is 18.0. The molecule has 2 atom stereocenters. The van der Waals surface area contributed by atoms with E-state index in [2.05, 4.69) is 29.6 Å². The lowest BCUT2D eigenvalue weighted by molar-refractivity contribution is 0.222. The summed E-state index contributed by atoms with van der Waals surface area (Å²) in [5.41, 5.74) is 5.12. The van der Waals surface area contributed by atoms with Gasteiger partial charge in [0.25, 0.3) is 0 Å². The lowest BCUT2D eigenvalue weighted by atomic mass is 9.84. The van der Waals surface area contributed by atoms with Crippen LogP contribution in [0.3, 0.4) is 0 Å². The highest BCUT2D eigenvalue weighted by molar-refractivity contribution is 7.98. The van der Waals surface area contributed by atoms with Crippen LogP contribution in [0.5, 0.6) is 17.2 Å². The van der Waals surface area contributed by atoms with E-state index in [9.17, 15) is 0 Å². The van der Waals surface area contributed by atoms with Crippen LogP contribution in [0.25, 0.3) is 5.70 Å². The van der Waals surface area contributed by atoms with Gasteiger partial charge in [-0.3, -0.25) is 0 Å². The maximum absolute atomic E-state index is 6.69. The average Bonchev–Trinajstić information content (AvgIpc) is 3.34. The van der Waals surface area contributed by atoms with E-state index >= 15 is 0 Å².